The first kappa shape index (κ1) is 12.8. The van der Waals surface area contributed by atoms with E-state index in [1.807, 2.05) is 13.8 Å². The monoisotopic (exact) mass is 218 g/mol. The van der Waals surface area contributed by atoms with Crippen LogP contribution >= 0.6 is 0 Å². The first-order valence-corrected chi connectivity index (χ1v) is 5.88. The molecule has 0 aliphatic rings. The van der Waals surface area contributed by atoms with Crippen LogP contribution in [0.1, 0.15) is 44.6 Å². The predicted molar refractivity (Wildman–Crippen MR) is 67.4 cm³/mol. The van der Waals surface area contributed by atoms with Crippen LogP contribution in [0.2, 0.25) is 0 Å². The second-order valence-corrected chi connectivity index (χ2v) is 5.53. The molecule has 0 fully saturated rings. The largest absolute Gasteiger partial charge is 0.349 e. The van der Waals surface area contributed by atoms with Gasteiger partial charge in [-0.2, -0.15) is 5.26 Å². The van der Waals surface area contributed by atoms with Gasteiger partial charge >= 0.3 is 0 Å². The SMILES string of the molecule is Cc1cc(C(C)(C)C#N)c(C)n1CC(C)C. The van der Waals surface area contributed by atoms with Gasteiger partial charge in [-0.1, -0.05) is 13.8 Å². The maximum atomic E-state index is 9.19. The van der Waals surface area contributed by atoms with Crippen molar-refractivity contribution in [2.45, 2.75) is 53.5 Å². The summed E-state index contributed by atoms with van der Waals surface area (Å²) in [6.45, 7) is 13.7. The van der Waals surface area contributed by atoms with E-state index in [9.17, 15) is 5.26 Å². The molecule has 2 nitrogen and oxygen atoms in total. The maximum Gasteiger partial charge on any atom is 0.0783 e. The molecule has 0 aliphatic carbocycles. The summed E-state index contributed by atoms with van der Waals surface area (Å²) in [5.41, 5.74) is 3.26. The molecule has 0 radical (unpaired) electrons. The smallest absolute Gasteiger partial charge is 0.0783 e. The normalized spacial score (nSPS) is 11.9. The number of hydrogen-bond acceptors (Lipinski definition) is 1. The Morgan fingerprint density at radius 1 is 1.38 bits per heavy atom. The van der Waals surface area contributed by atoms with E-state index in [4.69, 9.17) is 0 Å². The van der Waals surface area contributed by atoms with Crippen LogP contribution in [-0.2, 0) is 12.0 Å². The van der Waals surface area contributed by atoms with Gasteiger partial charge in [-0.15, -0.1) is 0 Å². The second-order valence-electron chi connectivity index (χ2n) is 5.53. The highest BCUT2D eigenvalue weighted by molar-refractivity contribution is 5.37. The molecule has 1 rings (SSSR count). The molecule has 0 saturated heterocycles. The number of hydrogen-bond donors (Lipinski definition) is 0. The Morgan fingerprint density at radius 2 is 1.94 bits per heavy atom. The third-order valence-electron chi connectivity index (χ3n) is 3.07. The third kappa shape index (κ3) is 2.29. The average molecular weight is 218 g/mol. The van der Waals surface area contributed by atoms with Crippen molar-refractivity contribution in [3.05, 3.63) is 23.0 Å². The van der Waals surface area contributed by atoms with E-state index in [0.29, 0.717) is 5.92 Å². The lowest BCUT2D eigenvalue weighted by Gasteiger charge is -2.17. The highest BCUT2D eigenvalue weighted by atomic mass is 15.0. The zero-order chi connectivity index (χ0) is 12.5. The van der Waals surface area contributed by atoms with Gasteiger partial charge in [0.2, 0.25) is 0 Å². The Bertz CT molecular complexity index is 417. The van der Waals surface area contributed by atoms with Gasteiger partial charge in [-0.05, 0) is 45.2 Å². The van der Waals surface area contributed by atoms with E-state index in [1.165, 1.54) is 11.4 Å². The average Bonchev–Trinajstić information content (AvgIpc) is 2.46. The number of aryl methyl sites for hydroxylation is 1. The topological polar surface area (TPSA) is 28.7 Å². The van der Waals surface area contributed by atoms with Gasteiger partial charge in [0.05, 0.1) is 11.5 Å². The fourth-order valence-corrected chi connectivity index (χ4v) is 2.14. The van der Waals surface area contributed by atoms with Gasteiger partial charge in [0.15, 0.2) is 0 Å². The number of nitrogens with zero attached hydrogens (tertiary/aromatic N) is 2. The van der Waals surface area contributed by atoms with E-state index in [-0.39, 0.29) is 0 Å². The molecule has 0 aliphatic heterocycles. The van der Waals surface area contributed by atoms with Crippen LogP contribution in [-0.4, -0.2) is 4.57 Å². The quantitative estimate of drug-likeness (QED) is 0.762. The number of nitriles is 1. The fourth-order valence-electron chi connectivity index (χ4n) is 2.14. The number of rotatable bonds is 3. The van der Waals surface area contributed by atoms with Crippen molar-refractivity contribution in [2.75, 3.05) is 0 Å². The zero-order valence-corrected chi connectivity index (χ0v) is 11.3. The summed E-state index contributed by atoms with van der Waals surface area (Å²) in [5, 5.41) is 9.19. The third-order valence-corrected chi connectivity index (χ3v) is 3.07. The molecule has 0 unspecified atom stereocenters. The molecule has 0 bridgehead atoms. The molecule has 1 aromatic rings. The first-order valence-electron chi connectivity index (χ1n) is 5.88. The standard InChI is InChI=1S/C14H22N2/c1-10(2)8-16-11(3)7-13(12(16)4)14(5,6)9-15/h7,10H,8H2,1-6H3. The Kier molecular flexibility index (Phi) is 3.48. The predicted octanol–water partition coefficient (Wildman–Crippen LogP) is 3.56. The summed E-state index contributed by atoms with van der Waals surface area (Å²) in [6, 6.07) is 4.53. The van der Waals surface area contributed by atoms with Crippen LogP contribution in [0.4, 0.5) is 0 Å². The molecule has 0 aromatic carbocycles. The van der Waals surface area contributed by atoms with E-state index in [2.05, 4.69) is 44.4 Å². The van der Waals surface area contributed by atoms with Crippen molar-refractivity contribution < 1.29 is 0 Å². The molecule has 0 amide bonds. The van der Waals surface area contributed by atoms with Crippen LogP contribution in [0.3, 0.4) is 0 Å². The minimum atomic E-state index is -0.392. The minimum absolute atomic E-state index is 0.392. The summed E-state index contributed by atoms with van der Waals surface area (Å²) >= 11 is 0. The summed E-state index contributed by atoms with van der Waals surface area (Å²) in [4.78, 5) is 0. The van der Waals surface area contributed by atoms with Crippen molar-refractivity contribution >= 4 is 0 Å². The van der Waals surface area contributed by atoms with Gasteiger partial charge in [0.25, 0.3) is 0 Å². The Hall–Kier alpha value is -1.23. The summed E-state index contributed by atoms with van der Waals surface area (Å²) < 4.78 is 2.32. The highest BCUT2D eigenvalue weighted by Crippen LogP contribution is 2.28. The molecule has 1 heterocycles. The fraction of sp³-hybridized carbons (Fsp3) is 0.643. The van der Waals surface area contributed by atoms with Gasteiger partial charge in [-0.3, -0.25) is 0 Å². The van der Waals surface area contributed by atoms with Crippen LogP contribution in [0.15, 0.2) is 6.07 Å². The van der Waals surface area contributed by atoms with E-state index >= 15 is 0 Å². The summed E-state index contributed by atoms with van der Waals surface area (Å²) in [6.07, 6.45) is 0. The van der Waals surface area contributed by atoms with Gasteiger partial charge < -0.3 is 4.57 Å². The lowest BCUT2D eigenvalue weighted by molar-refractivity contribution is 0.506. The van der Waals surface area contributed by atoms with Crippen molar-refractivity contribution in [3.63, 3.8) is 0 Å². The van der Waals surface area contributed by atoms with Crippen LogP contribution in [0.25, 0.3) is 0 Å². The van der Waals surface area contributed by atoms with Crippen molar-refractivity contribution in [2.24, 2.45) is 5.92 Å². The van der Waals surface area contributed by atoms with E-state index in [0.717, 1.165) is 12.1 Å². The molecule has 16 heavy (non-hydrogen) atoms. The van der Waals surface area contributed by atoms with E-state index < -0.39 is 5.41 Å². The maximum absolute atomic E-state index is 9.19. The van der Waals surface area contributed by atoms with Crippen LogP contribution in [0.5, 0.6) is 0 Å². The Morgan fingerprint density at radius 3 is 2.38 bits per heavy atom. The molecule has 0 atom stereocenters. The molecule has 88 valence electrons. The first-order chi connectivity index (χ1) is 7.29. The second kappa shape index (κ2) is 4.33. The Balaban J connectivity index is 3.23. The Labute approximate surface area is 98.9 Å². The lowest BCUT2D eigenvalue weighted by atomic mass is 9.86. The zero-order valence-electron chi connectivity index (χ0n) is 11.3. The molecule has 1 aromatic heterocycles. The van der Waals surface area contributed by atoms with Crippen molar-refractivity contribution in [3.8, 4) is 6.07 Å². The van der Waals surface area contributed by atoms with Gasteiger partial charge in [0, 0.05) is 17.9 Å². The number of aromatic nitrogens is 1. The molecule has 0 saturated carbocycles. The van der Waals surface area contributed by atoms with Gasteiger partial charge in [-0.25, -0.2) is 0 Å². The highest BCUT2D eigenvalue weighted by Gasteiger charge is 2.25. The van der Waals surface area contributed by atoms with E-state index in [1.54, 1.807) is 0 Å². The molecular weight excluding hydrogens is 196 g/mol. The van der Waals surface area contributed by atoms with Crippen molar-refractivity contribution in [1.29, 1.82) is 5.26 Å². The van der Waals surface area contributed by atoms with Crippen LogP contribution < -0.4 is 0 Å². The van der Waals surface area contributed by atoms with Crippen LogP contribution in [0, 0.1) is 31.1 Å². The lowest BCUT2D eigenvalue weighted by Crippen LogP contribution is -2.16. The van der Waals surface area contributed by atoms with Gasteiger partial charge in [0.1, 0.15) is 0 Å². The molecule has 2 heteroatoms. The molecule has 0 spiro atoms. The minimum Gasteiger partial charge on any atom is -0.349 e. The summed E-state index contributed by atoms with van der Waals surface area (Å²) in [5.74, 6) is 0.628. The summed E-state index contributed by atoms with van der Waals surface area (Å²) in [7, 11) is 0. The molecular formula is C14H22N2. The molecule has 0 N–H and O–H groups in total. The van der Waals surface area contributed by atoms with Crippen molar-refractivity contribution in [1.82, 2.24) is 4.57 Å².